The number of halogens is 1. The number of nitro groups is 1. The molecule has 2 amide bonds. The van der Waals surface area contributed by atoms with Crippen molar-refractivity contribution in [3.63, 3.8) is 0 Å². The molecule has 0 atom stereocenters. The summed E-state index contributed by atoms with van der Waals surface area (Å²) in [4.78, 5) is 54.1. The predicted molar refractivity (Wildman–Crippen MR) is 158 cm³/mol. The van der Waals surface area contributed by atoms with Gasteiger partial charge in [0.2, 0.25) is 5.91 Å². The highest BCUT2D eigenvalue weighted by atomic mass is 35.5. The molecule has 10 nitrogen and oxygen atoms in total. The molecule has 11 heteroatoms. The van der Waals surface area contributed by atoms with E-state index in [4.69, 9.17) is 20.8 Å². The normalized spacial score (nSPS) is 10.9. The number of ether oxygens (including phenoxy) is 1. The first-order valence-corrected chi connectivity index (χ1v) is 13.6. The van der Waals surface area contributed by atoms with Gasteiger partial charge in [-0.05, 0) is 37.1 Å². The summed E-state index contributed by atoms with van der Waals surface area (Å²) in [5.74, 6) is -0.967. The maximum absolute atomic E-state index is 13.8. The second-order valence-electron chi connectivity index (χ2n) is 9.82. The molecule has 4 rings (SSSR count). The van der Waals surface area contributed by atoms with Crippen LogP contribution < -0.4 is 5.43 Å². The molecule has 1 aromatic heterocycles. The molecule has 0 aliphatic heterocycles. The zero-order chi connectivity index (χ0) is 30.2. The summed E-state index contributed by atoms with van der Waals surface area (Å²) in [5.41, 5.74) is 2.03. The van der Waals surface area contributed by atoms with Gasteiger partial charge in [0.05, 0.1) is 39.3 Å². The number of hydrogen-bond acceptors (Lipinski definition) is 7. The molecule has 1 heterocycles. The predicted octanol–water partition coefficient (Wildman–Crippen LogP) is 5.37. The fourth-order valence-corrected chi connectivity index (χ4v) is 4.77. The molecule has 3 aromatic carbocycles. The highest BCUT2D eigenvalue weighted by molar-refractivity contribution is 6.34. The third-order valence-electron chi connectivity index (χ3n) is 6.71. The summed E-state index contributed by atoms with van der Waals surface area (Å²) in [6.45, 7) is 2.21. The van der Waals surface area contributed by atoms with E-state index in [1.54, 1.807) is 12.1 Å². The van der Waals surface area contributed by atoms with Crippen LogP contribution >= 0.6 is 11.6 Å². The van der Waals surface area contributed by atoms with Crippen LogP contribution in [0.1, 0.15) is 33.5 Å². The average Bonchev–Trinajstić information content (AvgIpc) is 2.98. The molecule has 0 spiro atoms. The number of nitro benzene ring substituents is 1. The number of methoxy groups -OCH3 is 1. The Bertz CT molecular complexity index is 1660. The van der Waals surface area contributed by atoms with E-state index < -0.39 is 16.7 Å². The van der Waals surface area contributed by atoms with Gasteiger partial charge in [-0.25, -0.2) is 0 Å². The van der Waals surface area contributed by atoms with Gasteiger partial charge in [-0.1, -0.05) is 53.6 Å². The number of hydrogen-bond donors (Lipinski definition) is 0. The van der Waals surface area contributed by atoms with Crippen LogP contribution in [0.2, 0.25) is 5.02 Å². The summed E-state index contributed by atoms with van der Waals surface area (Å²) < 4.78 is 10.8. The number of non-ortho nitro benzene ring substituents is 1. The zero-order valence-electron chi connectivity index (χ0n) is 23.2. The fourth-order valence-electron chi connectivity index (χ4n) is 4.51. The standard InChI is InChI=1S/C31H30ClN3O7/c1-21-9-12-28-26(15-21)30(37)23(20-42-28)18-34(17-22-7-4-3-5-8-22)29(36)19-33(13-6-14-41-2)31(38)25-11-10-24(35(39)40)16-27(25)32/h3-5,7-12,15-16,20H,6,13-14,17-19H2,1-2H3. The van der Waals surface area contributed by atoms with Crippen LogP contribution in [-0.2, 0) is 22.6 Å². The lowest BCUT2D eigenvalue weighted by Gasteiger charge is -2.28. The van der Waals surface area contributed by atoms with Crippen molar-refractivity contribution in [2.75, 3.05) is 26.8 Å². The fraction of sp³-hybridized carbons (Fsp3) is 0.258. The van der Waals surface area contributed by atoms with Crippen LogP contribution in [0.3, 0.4) is 0 Å². The van der Waals surface area contributed by atoms with Crippen LogP contribution in [0.15, 0.2) is 82.2 Å². The first-order chi connectivity index (χ1) is 20.2. The average molecular weight is 592 g/mol. The van der Waals surface area contributed by atoms with Gasteiger partial charge >= 0.3 is 0 Å². The van der Waals surface area contributed by atoms with Crippen molar-refractivity contribution in [2.45, 2.75) is 26.4 Å². The van der Waals surface area contributed by atoms with E-state index in [9.17, 15) is 24.5 Å². The maximum Gasteiger partial charge on any atom is 0.270 e. The van der Waals surface area contributed by atoms with Gasteiger partial charge in [0.1, 0.15) is 12.1 Å². The number of amides is 2. The van der Waals surface area contributed by atoms with Crippen molar-refractivity contribution in [3.05, 3.63) is 121 Å². The van der Waals surface area contributed by atoms with E-state index in [2.05, 4.69) is 0 Å². The molecule has 42 heavy (non-hydrogen) atoms. The summed E-state index contributed by atoms with van der Waals surface area (Å²) >= 11 is 6.25. The Hall–Kier alpha value is -4.54. The van der Waals surface area contributed by atoms with E-state index in [1.165, 1.54) is 35.3 Å². The second kappa shape index (κ2) is 13.9. The van der Waals surface area contributed by atoms with Crippen LogP contribution in [0.4, 0.5) is 5.69 Å². The topological polar surface area (TPSA) is 123 Å². The van der Waals surface area contributed by atoms with Gasteiger partial charge in [0.25, 0.3) is 11.6 Å². The molecule has 0 unspecified atom stereocenters. The van der Waals surface area contributed by atoms with E-state index >= 15 is 0 Å². The van der Waals surface area contributed by atoms with Gasteiger partial charge in [-0.2, -0.15) is 0 Å². The summed E-state index contributed by atoms with van der Waals surface area (Å²) in [6.07, 6.45) is 1.80. The maximum atomic E-state index is 13.8. The monoisotopic (exact) mass is 591 g/mol. The molecule has 0 N–H and O–H groups in total. The molecular formula is C31H30ClN3O7. The number of carbonyl (C=O) groups is 2. The molecule has 0 radical (unpaired) electrons. The van der Waals surface area contributed by atoms with Crippen molar-refractivity contribution in [3.8, 4) is 0 Å². The third-order valence-corrected chi connectivity index (χ3v) is 7.03. The lowest BCUT2D eigenvalue weighted by Crippen LogP contribution is -2.43. The van der Waals surface area contributed by atoms with Gasteiger partial charge in [-0.15, -0.1) is 0 Å². The first kappa shape index (κ1) is 30.4. The number of rotatable bonds is 12. The van der Waals surface area contributed by atoms with Gasteiger partial charge in [-0.3, -0.25) is 24.5 Å². The van der Waals surface area contributed by atoms with Crippen LogP contribution in [0.25, 0.3) is 11.0 Å². The number of fused-ring (bicyclic) bond motifs is 1. The zero-order valence-corrected chi connectivity index (χ0v) is 24.0. The van der Waals surface area contributed by atoms with E-state index in [-0.39, 0.29) is 47.9 Å². The Morgan fingerprint density at radius 2 is 1.79 bits per heavy atom. The molecule has 0 aliphatic carbocycles. The summed E-state index contributed by atoms with van der Waals surface area (Å²) in [6, 6.07) is 18.2. The van der Waals surface area contributed by atoms with Crippen LogP contribution in [-0.4, -0.2) is 53.3 Å². The number of carbonyl (C=O) groups excluding carboxylic acids is 2. The minimum Gasteiger partial charge on any atom is -0.464 e. The minimum absolute atomic E-state index is 0.0348. The Balaban J connectivity index is 1.65. The largest absolute Gasteiger partial charge is 0.464 e. The lowest BCUT2D eigenvalue weighted by molar-refractivity contribution is -0.384. The lowest BCUT2D eigenvalue weighted by atomic mass is 10.1. The molecule has 0 bridgehead atoms. The quantitative estimate of drug-likeness (QED) is 0.123. The molecule has 218 valence electrons. The van der Waals surface area contributed by atoms with Crippen molar-refractivity contribution in [1.29, 1.82) is 0 Å². The number of aryl methyl sites for hydroxylation is 1. The molecule has 0 saturated carbocycles. The Labute approximate surface area is 247 Å². The summed E-state index contributed by atoms with van der Waals surface area (Å²) in [7, 11) is 1.53. The summed E-state index contributed by atoms with van der Waals surface area (Å²) in [5, 5.41) is 11.5. The number of nitrogens with zero attached hydrogens (tertiary/aromatic N) is 3. The first-order valence-electron chi connectivity index (χ1n) is 13.2. The van der Waals surface area contributed by atoms with E-state index in [1.807, 2.05) is 43.3 Å². The third kappa shape index (κ3) is 7.39. The van der Waals surface area contributed by atoms with Gasteiger partial charge in [0, 0.05) is 38.9 Å². The van der Waals surface area contributed by atoms with Crippen molar-refractivity contribution in [1.82, 2.24) is 9.80 Å². The number of benzene rings is 3. The minimum atomic E-state index is -0.605. The molecule has 0 fully saturated rings. The van der Waals surface area contributed by atoms with Crippen LogP contribution in [0, 0.1) is 17.0 Å². The highest BCUT2D eigenvalue weighted by Gasteiger charge is 2.26. The SMILES string of the molecule is COCCCN(CC(=O)N(Cc1ccccc1)Cc1coc2ccc(C)cc2c1=O)C(=O)c1ccc([N+](=O)[O-])cc1Cl. The molecule has 0 saturated heterocycles. The Morgan fingerprint density at radius 3 is 2.48 bits per heavy atom. The molecule has 4 aromatic rings. The van der Waals surface area contributed by atoms with Crippen molar-refractivity contribution in [2.24, 2.45) is 0 Å². The van der Waals surface area contributed by atoms with Gasteiger partial charge < -0.3 is 19.0 Å². The molecule has 0 aliphatic rings. The van der Waals surface area contributed by atoms with Crippen molar-refractivity contribution >= 4 is 40.1 Å². The van der Waals surface area contributed by atoms with Crippen molar-refractivity contribution < 1.29 is 23.7 Å². The smallest absolute Gasteiger partial charge is 0.270 e. The second-order valence-corrected chi connectivity index (χ2v) is 10.2. The highest BCUT2D eigenvalue weighted by Crippen LogP contribution is 2.24. The Morgan fingerprint density at radius 1 is 1.02 bits per heavy atom. The van der Waals surface area contributed by atoms with Gasteiger partial charge in [0.15, 0.2) is 5.43 Å². The van der Waals surface area contributed by atoms with E-state index in [0.717, 1.165) is 17.2 Å². The molecular weight excluding hydrogens is 562 g/mol. The Kier molecular flexibility index (Phi) is 10.1. The van der Waals surface area contributed by atoms with Crippen LogP contribution in [0.5, 0.6) is 0 Å². The van der Waals surface area contributed by atoms with E-state index in [0.29, 0.717) is 29.6 Å².